The number of halogens is 2. The van der Waals surface area contributed by atoms with Crippen LogP contribution >= 0.6 is 23.2 Å². The van der Waals surface area contributed by atoms with Gasteiger partial charge in [-0.3, -0.25) is 4.79 Å². The van der Waals surface area contributed by atoms with E-state index in [9.17, 15) is 4.79 Å². The fraction of sp³-hybridized carbons (Fsp3) is 0.286. The van der Waals surface area contributed by atoms with Crippen molar-refractivity contribution in [1.29, 1.82) is 0 Å². The number of amides is 1. The Morgan fingerprint density at radius 2 is 2.20 bits per heavy atom. The van der Waals surface area contributed by atoms with Crippen LogP contribution < -0.4 is 5.32 Å². The molecule has 1 amide bonds. The van der Waals surface area contributed by atoms with Crippen molar-refractivity contribution < 1.29 is 4.79 Å². The number of aromatic nitrogens is 2. The molecule has 0 fully saturated rings. The van der Waals surface area contributed by atoms with Gasteiger partial charge in [-0.1, -0.05) is 29.3 Å². The molecule has 0 bridgehead atoms. The molecule has 1 heterocycles. The largest absolute Gasteiger partial charge is 0.356 e. The molecule has 1 aromatic heterocycles. The van der Waals surface area contributed by atoms with Gasteiger partial charge in [0, 0.05) is 12.7 Å². The van der Waals surface area contributed by atoms with Crippen molar-refractivity contribution in [3.63, 3.8) is 0 Å². The summed E-state index contributed by atoms with van der Waals surface area (Å²) >= 11 is 12.1. The summed E-state index contributed by atoms with van der Waals surface area (Å²) in [6, 6.07) is 5.49. The van der Waals surface area contributed by atoms with E-state index in [1.165, 1.54) is 0 Å². The lowest BCUT2D eigenvalue weighted by molar-refractivity contribution is -0.122. The SMILES string of the molecule is CCNC(=O)C(C)c1ccc(-n2cc(Cl)cn2)c(Cl)c1. The molecule has 0 saturated carbocycles. The number of carbonyl (C=O) groups is 1. The van der Waals surface area contributed by atoms with Crippen molar-refractivity contribution in [2.75, 3.05) is 6.54 Å². The van der Waals surface area contributed by atoms with Crippen LogP contribution in [0.4, 0.5) is 0 Å². The predicted molar refractivity (Wildman–Crippen MR) is 80.7 cm³/mol. The number of hydrogen-bond donors (Lipinski definition) is 1. The Morgan fingerprint density at radius 1 is 1.45 bits per heavy atom. The lowest BCUT2D eigenvalue weighted by atomic mass is 10.00. The van der Waals surface area contributed by atoms with E-state index < -0.39 is 0 Å². The number of carbonyl (C=O) groups excluding carboxylic acids is 1. The molecule has 0 radical (unpaired) electrons. The van der Waals surface area contributed by atoms with Crippen LogP contribution in [-0.2, 0) is 4.79 Å². The minimum Gasteiger partial charge on any atom is -0.356 e. The molecule has 2 aromatic rings. The third kappa shape index (κ3) is 3.14. The van der Waals surface area contributed by atoms with Gasteiger partial charge in [-0.2, -0.15) is 5.10 Å². The van der Waals surface area contributed by atoms with E-state index in [4.69, 9.17) is 23.2 Å². The molecule has 1 N–H and O–H groups in total. The van der Waals surface area contributed by atoms with Crippen LogP contribution in [-0.4, -0.2) is 22.2 Å². The number of nitrogens with one attached hydrogen (secondary N) is 1. The van der Waals surface area contributed by atoms with Crippen LogP contribution in [0.5, 0.6) is 0 Å². The second kappa shape index (κ2) is 6.29. The minimum absolute atomic E-state index is 0.0153. The average molecular weight is 312 g/mol. The molecule has 20 heavy (non-hydrogen) atoms. The molecule has 0 aliphatic carbocycles. The fourth-order valence-corrected chi connectivity index (χ4v) is 2.30. The normalized spacial score (nSPS) is 12.2. The summed E-state index contributed by atoms with van der Waals surface area (Å²) < 4.78 is 1.60. The summed E-state index contributed by atoms with van der Waals surface area (Å²) in [5.41, 5.74) is 1.59. The van der Waals surface area contributed by atoms with Gasteiger partial charge >= 0.3 is 0 Å². The standard InChI is InChI=1S/C14H15Cl2N3O/c1-3-17-14(20)9(2)10-4-5-13(12(16)6-10)19-8-11(15)7-18-19/h4-9H,3H2,1-2H3,(H,17,20). The Bertz CT molecular complexity index is 625. The smallest absolute Gasteiger partial charge is 0.227 e. The number of nitrogens with zero attached hydrogens (tertiary/aromatic N) is 2. The third-order valence-electron chi connectivity index (χ3n) is 3.01. The minimum atomic E-state index is -0.247. The zero-order valence-corrected chi connectivity index (χ0v) is 12.7. The Labute approximate surface area is 127 Å². The van der Waals surface area contributed by atoms with Crippen LogP contribution in [0.2, 0.25) is 10.0 Å². The van der Waals surface area contributed by atoms with Gasteiger partial charge in [0.25, 0.3) is 0 Å². The molecule has 1 atom stereocenters. The van der Waals surface area contributed by atoms with Gasteiger partial charge in [0.1, 0.15) is 0 Å². The molecule has 0 aliphatic heterocycles. The van der Waals surface area contributed by atoms with Gasteiger partial charge in [-0.15, -0.1) is 0 Å². The molecule has 1 unspecified atom stereocenters. The first-order chi connectivity index (χ1) is 9.52. The van der Waals surface area contributed by atoms with Gasteiger partial charge in [-0.05, 0) is 31.5 Å². The van der Waals surface area contributed by atoms with Crippen molar-refractivity contribution in [2.24, 2.45) is 0 Å². The van der Waals surface area contributed by atoms with Crippen LogP contribution in [0.3, 0.4) is 0 Å². The molecule has 0 aliphatic rings. The van der Waals surface area contributed by atoms with Crippen molar-refractivity contribution in [1.82, 2.24) is 15.1 Å². The van der Waals surface area contributed by atoms with Crippen LogP contribution in [0.25, 0.3) is 5.69 Å². The maximum atomic E-state index is 11.8. The van der Waals surface area contributed by atoms with Crippen molar-refractivity contribution in [2.45, 2.75) is 19.8 Å². The molecule has 1 aromatic carbocycles. The van der Waals surface area contributed by atoms with E-state index in [0.717, 1.165) is 11.3 Å². The van der Waals surface area contributed by atoms with E-state index >= 15 is 0 Å². The molecule has 0 saturated heterocycles. The first-order valence-electron chi connectivity index (χ1n) is 6.30. The van der Waals surface area contributed by atoms with Crippen molar-refractivity contribution >= 4 is 29.1 Å². The highest BCUT2D eigenvalue weighted by Gasteiger charge is 2.16. The molecular formula is C14H15Cl2N3O. The third-order valence-corrected chi connectivity index (χ3v) is 3.51. The van der Waals surface area contributed by atoms with Crippen LogP contribution in [0, 0.1) is 0 Å². The summed E-state index contributed by atoms with van der Waals surface area (Å²) in [6.45, 7) is 4.35. The first kappa shape index (κ1) is 14.9. The fourth-order valence-electron chi connectivity index (χ4n) is 1.89. The summed E-state index contributed by atoms with van der Waals surface area (Å²) in [6.07, 6.45) is 3.22. The second-order valence-corrected chi connectivity index (χ2v) is 5.27. The average Bonchev–Trinajstić information content (AvgIpc) is 2.84. The summed E-state index contributed by atoms with van der Waals surface area (Å²) in [5.74, 6) is -0.263. The quantitative estimate of drug-likeness (QED) is 0.940. The Morgan fingerprint density at radius 3 is 2.75 bits per heavy atom. The number of likely N-dealkylation sites (N-methyl/N-ethyl adjacent to an activating group) is 1. The Balaban J connectivity index is 2.28. The first-order valence-corrected chi connectivity index (χ1v) is 7.06. The van der Waals surface area contributed by atoms with Crippen molar-refractivity contribution in [3.05, 3.63) is 46.2 Å². The zero-order chi connectivity index (χ0) is 14.7. The van der Waals surface area contributed by atoms with Crippen LogP contribution in [0.15, 0.2) is 30.6 Å². The van der Waals surface area contributed by atoms with Gasteiger partial charge in [0.05, 0.1) is 27.8 Å². The van der Waals surface area contributed by atoms with Gasteiger partial charge < -0.3 is 5.32 Å². The van der Waals surface area contributed by atoms with Gasteiger partial charge in [-0.25, -0.2) is 4.68 Å². The molecule has 6 heteroatoms. The summed E-state index contributed by atoms with van der Waals surface area (Å²) in [7, 11) is 0. The Kier molecular flexibility index (Phi) is 4.68. The van der Waals surface area contributed by atoms with Crippen molar-refractivity contribution in [3.8, 4) is 5.69 Å². The zero-order valence-electron chi connectivity index (χ0n) is 11.2. The highest BCUT2D eigenvalue weighted by molar-refractivity contribution is 6.32. The van der Waals surface area contributed by atoms with E-state index in [2.05, 4.69) is 10.4 Å². The topological polar surface area (TPSA) is 46.9 Å². The monoisotopic (exact) mass is 311 g/mol. The molecule has 4 nitrogen and oxygen atoms in total. The summed E-state index contributed by atoms with van der Waals surface area (Å²) in [4.78, 5) is 11.8. The molecule has 106 valence electrons. The Hall–Kier alpha value is -1.52. The number of benzene rings is 1. The van der Waals surface area contributed by atoms with Gasteiger partial charge in [0.2, 0.25) is 5.91 Å². The summed E-state index contributed by atoms with van der Waals surface area (Å²) in [5, 5.41) is 7.97. The number of rotatable bonds is 4. The van der Waals surface area contributed by atoms with Gasteiger partial charge in [0.15, 0.2) is 0 Å². The van der Waals surface area contributed by atoms with E-state index in [0.29, 0.717) is 16.6 Å². The van der Waals surface area contributed by atoms with Crippen LogP contribution in [0.1, 0.15) is 25.3 Å². The van der Waals surface area contributed by atoms with E-state index in [-0.39, 0.29) is 11.8 Å². The lowest BCUT2D eigenvalue weighted by Crippen LogP contribution is -2.27. The highest BCUT2D eigenvalue weighted by atomic mass is 35.5. The highest BCUT2D eigenvalue weighted by Crippen LogP contribution is 2.26. The van der Waals surface area contributed by atoms with E-state index in [1.54, 1.807) is 23.1 Å². The molecular weight excluding hydrogens is 297 g/mol. The van der Waals surface area contributed by atoms with E-state index in [1.807, 2.05) is 26.0 Å². The predicted octanol–water partition coefficient (Wildman–Crippen LogP) is 3.42. The molecule has 2 rings (SSSR count). The lowest BCUT2D eigenvalue weighted by Gasteiger charge is -2.13. The number of hydrogen-bond acceptors (Lipinski definition) is 2. The maximum Gasteiger partial charge on any atom is 0.227 e. The molecule has 0 spiro atoms. The second-order valence-electron chi connectivity index (χ2n) is 4.43. The maximum absolute atomic E-state index is 11.8.